The zero-order valence-corrected chi connectivity index (χ0v) is 23.4. The first-order valence-electron chi connectivity index (χ1n) is 14.1. The van der Waals surface area contributed by atoms with Gasteiger partial charge in [-0.1, -0.05) is 37.8 Å². The van der Waals surface area contributed by atoms with Crippen LogP contribution in [0.5, 0.6) is 5.75 Å². The van der Waals surface area contributed by atoms with Gasteiger partial charge in [0.15, 0.2) is 5.78 Å². The number of Topliss-reactive ketones (excluding diaryl/α,β-unsaturated/α-hetero) is 1. The van der Waals surface area contributed by atoms with E-state index in [4.69, 9.17) is 9.47 Å². The van der Waals surface area contributed by atoms with Gasteiger partial charge in [0.05, 0.1) is 25.7 Å². The number of methoxy groups -OCH3 is 1. The van der Waals surface area contributed by atoms with Crippen molar-refractivity contribution in [3.05, 3.63) is 29.8 Å². The second-order valence-corrected chi connectivity index (χ2v) is 11.4. The predicted octanol–water partition coefficient (Wildman–Crippen LogP) is 0.786. The Bertz CT molecular complexity index is 1110. The van der Waals surface area contributed by atoms with Crippen molar-refractivity contribution < 1.29 is 33.4 Å². The summed E-state index contributed by atoms with van der Waals surface area (Å²) in [7, 11) is 1.56. The standard InChI is InChI=1S/C29H40N4O7/c1-17(31-27(37)20-14-24(34)30-15-20)26(36)33-23(13-19-8-10-21(39-3)11-9-19)28(38)32-22(12-18-6-4-5-7-18)25(35)29(2)16-40-29/h8-11,17-18,20,22-23H,4-7,12-16H2,1-3H3,(H,30,34)(H,31,37)(H,32,38)(H,33,36)/t17-,20+,22+,23+,29+/m1/s1. The molecule has 4 amide bonds. The molecule has 4 rings (SSSR count). The van der Waals surface area contributed by atoms with E-state index in [1.54, 1.807) is 38.3 Å². The third-order valence-corrected chi connectivity index (χ3v) is 8.11. The Kier molecular flexibility index (Phi) is 9.44. The molecule has 0 unspecified atom stereocenters. The van der Waals surface area contributed by atoms with E-state index in [0.717, 1.165) is 31.2 Å². The highest BCUT2D eigenvalue weighted by atomic mass is 16.6. The van der Waals surface area contributed by atoms with Gasteiger partial charge in [0.1, 0.15) is 23.4 Å². The van der Waals surface area contributed by atoms with E-state index in [9.17, 15) is 24.0 Å². The smallest absolute Gasteiger partial charge is 0.243 e. The maximum absolute atomic E-state index is 13.7. The molecular formula is C29H40N4O7. The number of ketones is 1. The summed E-state index contributed by atoms with van der Waals surface area (Å²) in [6, 6.07) is 4.49. The number of ether oxygens (including phenoxy) is 2. The minimum Gasteiger partial charge on any atom is -0.497 e. The molecule has 1 aliphatic carbocycles. The third kappa shape index (κ3) is 7.59. The molecule has 0 aromatic heterocycles. The molecule has 218 valence electrons. The normalized spacial score (nSPS) is 24.4. The van der Waals surface area contributed by atoms with Crippen molar-refractivity contribution >= 4 is 29.4 Å². The number of epoxide rings is 1. The molecule has 0 spiro atoms. The van der Waals surface area contributed by atoms with Crippen molar-refractivity contribution in [1.29, 1.82) is 0 Å². The van der Waals surface area contributed by atoms with E-state index in [0.29, 0.717) is 24.7 Å². The first-order valence-corrected chi connectivity index (χ1v) is 14.1. The van der Waals surface area contributed by atoms with Crippen LogP contribution in [0.2, 0.25) is 0 Å². The van der Waals surface area contributed by atoms with Crippen LogP contribution in [0, 0.1) is 11.8 Å². The van der Waals surface area contributed by atoms with Crippen LogP contribution in [0.4, 0.5) is 0 Å². The van der Waals surface area contributed by atoms with Crippen molar-refractivity contribution in [2.45, 2.75) is 82.5 Å². The van der Waals surface area contributed by atoms with Crippen LogP contribution in [-0.2, 0) is 35.1 Å². The van der Waals surface area contributed by atoms with Crippen LogP contribution in [-0.4, -0.2) is 73.4 Å². The van der Waals surface area contributed by atoms with Crippen molar-refractivity contribution in [3.8, 4) is 5.75 Å². The lowest BCUT2D eigenvalue weighted by atomic mass is 9.90. The van der Waals surface area contributed by atoms with E-state index >= 15 is 0 Å². The van der Waals surface area contributed by atoms with Gasteiger partial charge in [0.25, 0.3) is 0 Å². The highest BCUT2D eigenvalue weighted by Crippen LogP contribution is 2.33. The third-order valence-electron chi connectivity index (χ3n) is 8.11. The minimum absolute atomic E-state index is 0.0711. The van der Waals surface area contributed by atoms with Crippen molar-refractivity contribution in [3.63, 3.8) is 0 Å². The van der Waals surface area contributed by atoms with Crippen LogP contribution in [0.15, 0.2) is 24.3 Å². The SMILES string of the molecule is COc1ccc(C[C@H](NC(=O)[C@@H](C)NC(=O)[C@@H]2CNC(=O)C2)C(=O)N[C@@H](CC2CCCC2)C(=O)[C@]2(C)CO2)cc1. The fraction of sp³-hybridized carbons (Fsp3) is 0.621. The van der Waals surface area contributed by atoms with E-state index in [-0.39, 0.29) is 31.1 Å². The van der Waals surface area contributed by atoms with E-state index in [1.165, 1.54) is 6.92 Å². The van der Waals surface area contributed by atoms with Crippen LogP contribution < -0.4 is 26.0 Å². The molecule has 40 heavy (non-hydrogen) atoms. The molecule has 4 N–H and O–H groups in total. The molecule has 3 aliphatic rings. The number of hydrogen-bond donors (Lipinski definition) is 4. The van der Waals surface area contributed by atoms with Gasteiger partial charge in [-0.05, 0) is 43.9 Å². The van der Waals surface area contributed by atoms with Gasteiger partial charge in [0.2, 0.25) is 23.6 Å². The van der Waals surface area contributed by atoms with Gasteiger partial charge in [-0.2, -0.15) is 0 Å². The molecule has 1 saturated carbocycles. The van der Waals surface area contributed by atoms with E-state index in [1.807, 2.05) is 0 Å². The molecule has 2 saturated heterocycles. The molecule has 11 nitrogen and oxygen atoms in total. The van der Waals surface area contributed by atoms with E-state index < -0.39 is 47.4 Å². The summed E-state index contributed by atoms with van der Waals surface area (Å²) >= 11 is 0. The molecule has 1 aromatic carbocycles. The van der Waals surface area contributed by atoms with Crippen molar-refractivity contribution in [1.82, 2.24) is 21.3 Å². The quantitative estimate of drug-likeness (QED) is 0.262. The predicted molar refractivity (Wildman–Crippen MR) is 145 cm³/mol. The number of rotatable bonds is 13. The second-order valence-electron chi connectivity index (χ2n) is 11.4. The molecule has 11 heteroatoms. The Balaban J connectivity index is 1.46. The number of nitrogens with one attached hydrogen (secondary N) is 4. The van der Waals surface area contributed by atoms with Gasteiger partial charge in [-0.15, -0.1) is 0 Å². The summed E-state index contributed by atoms with van der Waals surface area (Å²) < 4.78 is 10.6. The van der Waals surface area contributed by atoms with Crippen LogP contribution >= 0.6 is 0 Å². The van der Waals surface area contributed by atoms with Gasteiger partial charge in [-0.25, -0.2) is 0 Å². The maximum Gasteiger partial charge on any atom is 0.243 e. The maximum atomic E-state index is 13.7. The van der Waals surface area contributed by atoms with Gasteiger partial charge in [0, 0.05) is 19.4 Å². The molecule has 2 aliphatic heterocycles. The number of carbonyl (C=O) groups is 5. The Morgan fingerprint density at radius 3 is 2.27 bits per heavy atom. The number of amides is 4. The van der Waals surface area contributed by atoms with E-state index in [2.05, 4.69) is 21.3 Å². The number of hydrogen-bond acceptors (Lipinski definition) is 7. The van der Waals surface area contributed by atoms with Gasteiger partial charge < -0.3 is 30.7 Å². The minimum atomic E-state index is -0.998. The summed E-state index contributed by atoms with van der Waals surface area (Å²) in [6.07, 6.45) is 5.03. The number of benzene rings is 1. The van der Waals surface area contributed by atoms with Crippen LogP contribution in [0.1, 0.15) is 57.9 Å². The van der Waals surface area contributed by atoms with Gasteiger partial charge in [-0.3, -0.25) is 24.0 Å². The van der Waals surface area contributed by atoms with Gasteiger partial charge >= 0.3 is 0 Å². The van der Waals surface area contributed by atoms with Crippen LogP contribution in [0.25, 0.3) is 0 Å². The summed E-state index contributed by atoms with van der Waals surface area (Å²) in [4.78, 5) is 64.1. The Morgan fingerprint density at radius 2 is 1.70 bits per heavy atom. The molecule has 3 fully saturated rings. The number of carbonyl (C=O) groups excluding carboxylic acids is 5. The first-order chi connectivity index (χ1) is 19.1. The average Bonchev–Trinajstić information content (AvgIpc) is 3.28. The molecule has 0 bridgehead atoms. The fourth-order valence-electron chi connectivity index (χ4n) is 5.39. The summed E-state index contributed by atoms with van der Waals surface area (Å²) in [5.74, 6) is -1.33. The topological polar surface area (TPSA) is 155 Å². The van der Waals surface area contributed by atoms with Crippen molar-refractivity contribution in [2.24, 2.45) is 11.8 Å². The lowest BCUT2D eigenvalue weighted by molar-refractivity contribution is -0.134. The lowest BCUT2D eigenvalue weighted by Gasteiger charge is -2.26. The summed E-state index contributed by atoms with van der Waals surface area (Å²) in [5.41, 5.74) is -0.106. The highest BCUT2D eigenvalue weighted by molar-refractivity contribution is 5.98. The fourth-order valence-corrected chi connectivity index (χ4v) is 5.39. The summed E-state index contributed by atoms with van der Waals surface area (Å²) in [6.45, 7) is 3.81. The van der Waals surface area contributed by atoms with Crippen molar-refractivity contribution in [2.75, 3.05) is 20.3 Å². The Hall–Kier alpha value is -3.47. The monoisotopic (exact) mass is 556 g/mol. The molecule has 0 radical (unpaired) electrons. The molecular weight excluding hydrogens is 516 g/mol. The average molecular weight is 557 g/mol. The zero-order valence-electron chi connectivity index (χ0n) is 23.4. The molecule has 1 aromatic rings. The largest absolute Gasteiger partial charge is 0.497 e. The first kappa shape index (κ1) is 29.5. The molecule has 5 atom stereocenters. The second kappa shape index (κ2) is 12.8. The zero-order chi connectivity index (χ0) is 28.9. The molecule has 2 heterocycles. The highest BCUT2D eigenvalue weighted by Gasteiger charge is 2.50. The van der Waals surface area contributed by atoms with Crippen LogP contribution in [0.3, 0.4) is 0 Å². The summed E-state index contributed by atoms with van der Waals surface area (Å²) in [5, 5.41) is 10.9. The Labute approximate surface area is 234 Å². The Morgan fingerprint density at radius 1 is 1.05 bits per heavy atom. The lowest BCUT2D eigenvalue weighted by Crippen LogP contribution is -2.57.